The van der Waals surface area contributed by atoms with Gasteiger partial charge in [0.05, 0.1) is 7.11 Å². The van der Waals surface area contributed by atoms with Gasteiger partial charge in [-0.1, -0.05) is 0 Å². The summed E-state index contributed by atoms with van der Waals surface area (Å²) in [7, 11) is 1.66. The van der Waals surface area contributed by atoms with E-state index in [2.05, 4.69) is 4.90 Å². The molecule has 0 radical (unpaired) electrons. The third-order valence-corrected chi connectivity index (χ3v) is 4.18. The molecule has 2 bridgehead atoms. The summed E-state index contributed by atoms with van der Waals surface area (Å²) in [6.07, 6.45) is 4.07. The van der Waals surface area contributed by atoms with E-state index in [0.717, 1.165) is 29.8 Å². The predicted molar refractivity (Wildman–Crippen MR) is 66.2 cm³/mol. The minimum absolute atomic E-state index is 0.383. The van der Waals surface area contributed by atoms with E-state index < -0.39 is 0 Å². The van der Waals surface area contributed by atoms with E-state index in [-0.39, 0.29) is 0 Å². The van der Waals surface area contributed by atoms with Crippen LogP contribution in [-0.4, -0.2) is 29.7 Å². The van der Waals surface area contributed by atoms with Gasteiger partial charge in [-0.05, 0) is 43.4 Å². The van der Waals surface area contributed by atoms with Crippen LogP contribution < -0.4 is 4.74 Å². The molecule has 0 amide bonds. The van der Waals surface area contributed by atoms with Gasteiger partial charge in [-0.2, -0.15) is 0 Å². The van der Waals surface area contributed by atoms with Crippen LogP contribution in [0.5, 0.6) is 11.5 Å². The molecule has 0 spiro atoms. The maximum atomic E-state index is 9.88. The molecule has 17 heavy (non-hydrogen) atoms. The molecule has 92 valence electrons. The number of rotatable bonds is 3. The highest BCUT2D eigenvalue weighted by Crippen LogP contribution is 2.39. The molecule has 3 rings (SSSR count). The molecule has 0 aromatic heterocycles. The fraction of sp³-hybridized carbons (Fsp3) is 0.571. The molecule has 1 aliphatic carbocycles. The number of aromatic hydroxyl groups is 1. The Labute approximate surface area is 102 Å². The fourth-order valence-electron chi connectivity index (χ4n) is 3.25. The second kappa shape index (κ2) is 4.22. The van der Waals surface area contributed by atoms with Crippen molar-refractivity contribution in [3.05, 3.63) is 23.8 Å². The summed E-state index contributed by atoms with van der Waals surface area (Å²) in [6.45, 7) is 2.05. The third-order valence-electron chi connectivity index (χ3n) is 4.18. The van der Waals surface area contributed by atoms with E-state index in [1.54, 1.807) is 19.2 Å². The summed E-state index contributed by atoms with van der Waals surface area (Å²) in [5.74, 6) is 2.10. The molecule has 1 heterocycles. The molecule has 1 saturated carbocycles. The van der Waals surface area contributed by atoms with Crippen LogP contribution in [0.4, 0.5) is 0 Å². The number of fused-ring (bicyclic) bond motifs is 2. The number of benzene rings is 1. The van der Waals surface area contributed by atoms with E-state index in [1.165, 1.54) is 25.8 Å². The van der Waals surface area contributed by atoms with Crippen LogP contribution in [0.1, 0.15) is 24.8 Å². The Balaban J connectivity index is 1.76. The molecule has 3 heteroatoms. The summed E-state index contributed by atoms with van der Waals surface area (Å²) in [5, 5.41) is 9.88. The maximum Gasteiger partial charge on any atom is 0.120 e. The van der Waals surface area contributed by atoms with Crippen molar-refractivity contribution in [2.24, 2.45) is 5.92 Å². The van der Waals surface area contributed by atoms with E-state index in [4.69, 9.17) is 4.74 Å². The number of hydrogen-bond donors (Lipinski definition) is 1. The topological polar surface area (TPSA) is 32.7 Å². The van der Waals surface area contributed by atoms with Crippen molar-refractivity contribution in [3.8, 4) is 11.5 Å². The lowest BCUT2D eigenvalue weighted by Gasteiger charge is -2.27. The van der Waals surface area contributed by atoms with Crippen LogP contribution in [0, 0.1) is 5.92 Å². The number of hydrogen-bond acceptors (Lipinski definition) is 3. The number of phenolic OH excluding ortho intramolecular Hbond substituents is 1. The van der Waals surface area contributed by atoms with Gasteiger partial charge in [-0.25, -0.2) is 0 Å². The number of methoxy groups -OCH3 is 1. The molecular weight excluding hydrogens is 214 g/mol. The van der Waals surface area contributed by atoms with Gasteiger partial charge in [-0.15, -0.1) is 0 Å². The van der Waals surface area contributed by atoms with Crippen molar-refractivity contribution < 1.29 is 9.84 Å². The zero-order valence-corrected chi connectivity index (χ0v) is 10.2. The van der Waals surface area contributed by atoms with Crippen molar-refractivity contribution >= 4 is 0 Å². The molecule has 1 N–H and O–H groups in total. The Morgan fingerprint density at radius 3 is 2.94 bits per heavy atom. The van der Waals surface area contributed by atoms with Gasteiger partial charge in [0.2, 0.25) is 0 Å². The van der Waals surface area contributed by atoms with Gasteiger partial charge in [0.25, 0.3) is 0 Å². The number of nitrogens with zero attached hydrogens (tertiary/aromatic N) is 1. The Kier molecular flexibility index (Phi) is 2.71. The van der Waals surface area contributed by atoms with Crippen LogP contribution in [0.2, 0.25) is 0 Å². The molecule has 1 aliphatic heterocycles. The smallest absolute Gasteiger partial charge is 0.120 e. The normalized spacial score (nSPS) is 27.6. The van der Waals surface area contributed by atoms with Crippen LogP contribution in [0.15, 0.2) is 18.2 Å². The second-order valence-corrected chi connectivity index (χ2v) is 5.26. The van der Waals surface area contributed by atoms with Crippen LogP contribution in [-0.2, 0) is 6.54 Å². The lowest BCUT2D eigenvalue weighted by molar-refractivity contribution is 0.203. The summed E-state index contributed by atoms with van der Waals surface area (Å²) >= 11 is 0. The van der Waals surface area contributed by atoms with Crippen LogP contribution >= 0.6 is 0 Å². The van der Waals surface area contributed by atoms with E-state index in [0.29, 0.717) is 5.75 Å². The number of ether oxygens (including phenoxy) is 1. The third kappa shape index (κ3) is 2.00. The molecular formula is C14H19NO2. The SMILES string of the molecule is COc1ccc(O)c(CN2CC3CCC2C3)c1. The second-order valence-electron chi connectivity index (χ2n) is 5.26. The highest BCUT2D eigenvalue weighted by molar-refractivity contribution is 5.39. The number of piperidine rings is 1. The van der Waals surface area contributed by atoms with Crippen molar-refractivity contribution in [2.45, 2.75) is 31.8 Å². The number of likely N-dealkylation sites (tertiary alicyclic amines) is 1. The first-order valence-electron chi connectivity index (χ1n) is 6.36. The standard InChI is InChI=1S/C14H19NO2/c1-17-13-4-5-14(16)11(7-13)9-15-8-10-2-3-12(15)6-10/h4-5,7,10,12,16H,2-3,6,8-9H2,1H3. The minimum Gasteiger partial charge on any atom is -0.508 e. The first kappa shape index (κ1) is 10.9. The molecule has 2 unspecified atom stereocenters. The molecule has 3 nitrogen and oxygen atoms in total. The Morgan fingerprint density at radius 2 is 2.29 bits per heavy atom. The first-order valence-corrected chi connectivity index (χ1v) is 6.36. The Bertz CT molecular complexity index is 419. The zero-order chi connectivity index (χ0) is 11.8. The zero-order valence-electron chi connectivity index (χ0n) is 10.2. The van der Waals surface area contributed by atoms with Gasteiger partial charge < -0.3 is 9.84 Å². The lowest BCUT2D eigenvalue weighted by Crippen LogP contribution is -2.31. The average Bonchev–Trinajstić information content (AvgIpc) is 2.94. The van der Waals surface area contributed by atoms with Gasteiger partial charge in [0.15, 0.2) is 0 Å². The van der Waals surface area contributed by atoms with Gasteiger partial charge in [0, 0.05) is 24.7 Å². The fourth-order valence-corrected chi connectivity index (χ4v) is 3.25. The van der Waals surface area contributed by atoms with Gasteiger partial charge in [0.1, 0.15) is 11.5 Å². The quantitative estimate of drug-likeness (QED) is 0.870. The Hall–Kier alpha value is -1.22. The lowest BCUT2D eigenvalue weighted by atomic mass is 10.1. The van der Waals surface area contributed by atoms with Gasteiger partial charge >= 0.3 is 0 Å². The maximum absolute atomic E-state index is 9.88. The van der Waals surface area contributed by atoms with Crippen LogP contribution in [0.25, 0.3) is 0 Å². The minimum atomic E-state index is 0.383. The first-order chi connectivity index (χ1) is 8.26. The molecule has 2 aliphatic rings. The molecule has 2 fully saturated rings. The highest BCUT2D eigenvalue weighted by atomic mass is 16.5. The Morgan fingerprint density at radius 1 is 1.41 bits per heavy atom. The van der Waals surface area contributed by atoms with Crippen LogP contribution in [0.3, 0.4) is 0 Å². The van der Waals surface area contributed by atoms with Crippen molar-refractivity contribution in [1.29, 1.82) is 0 Å². The summed E-state index contributed by atoms with van der Waals surface area (Å²) < 4.78 is 5.21. The summed E-state index contributed by atoms with van der Waals surface area (Å²) in [6, 6.07) is 6.21. The predicted octanol–water partition coefficient (Wildman–Crippen LogP) is 2.39. The van der Waals surface area contributed by atoms with Crippen molar-refractivity contribution in [1.82, 2.24) is 4.90 Å². The highest BCUT2D eigenvalue weighted by Gasteiger charge is 2.37. The van der Waals surface area contributed by atoms with Gasteiger partial charge in [-0.3, -0.25) is 4.90 Å². The summed E-state index contributed by atoms with van der Waals surface area (Å²) in [4.78, 5) is 2.50. The monoisotopic (exact) mass is 233 g/mol. The molecule has 1 aromatic carbocycles. The van der Waals surface area contributed by atoms with E-state index in [9.17, 15) is 5.11 Å². The largest absolute Gasteiger partial charge is 0.508 e. The summed E-state index contributed by atoms with van der Waals surface area (Å²) in [5.41, 5.74) is 0.983. The molecule has 1 aromatic rings. The average molecular weight is 233 g/mol. The van der Waals surface area contributed by atoms with Crippen molar-refractivity contribution in [3.63, 3.8) is 0 Å². The van der Waals surface area contributed by atoms with E-state index in [1.807, 2.05) is 6.07 Å². The molecule has 1 saturated heterocycles. The van der Waals surface area contributed by atoms with Crippen molar-refractivity contribution in [2.75, 3.05) is 13.7 Å². The molecule has 2 atom stereocenters. The van der Waals surface area contributed by atoms with E-state index >= 15 is 0 Å². The number of phenols is 1.